The third-order valence-corrected chi connectivity index (χ3v) is 4.56. The second-order valence-electron chi connectivity index (χ2n) is 5.22. The molecule has 1 aromatic rings. The lowest BCUT2D eigenvalue weighted by atomic mass is 10.3. The highest BCUT2D eigenvalue weighted by Crippen LogP contribution is 2.28. The van der Waals surface area contributed by atoms with Crippen molar-refractivity contribution in [3.8, 4) is 0 Å². The van der Waals surface area contributed by atoms with E-state index in [0.717, 1.165) is 43.0 Å². The summed E-state index contributed by atoms with van der Waals surface area (Å²) in [7, 11) is 5.55. The van der Waals surface area contributed by atoms with E-state index in [9.17, 15) is 0 Å². The predicted octanol–water partition coefficient (Wildman–Crippen LogP) is 2.01. The fourth-order valence-corrected chi connectivity index (χ4v) is 2.99. The van der Waals surface area contributed by atoms with Crippen molar-refractivity contribution < 1.29 is 9.47 Å². The zero-order chi connectivity index (χ0) is 14.4. The lowest BCUT2D eigenvalue weighted by Gasteiger charge is -2.14. The van der Waals surface area contributed by atoms with Gasteiger partial charge in [-0.25, -0.2) is 4.98 Å². The SMILES string of the molecule is COCCCN(C)c1nc(COC)c(CNC2CC2)s1. The maximum Gasteiger partial charge on any atom is 0.185 e. The molecule has 0 aliphatic heterocycles. The maximum atomic E-state index is 5.26. The van der Waals surface area contributed by atoms with Crippen molar-refractivity contribution in [1.82, 2.24) is 10.3 Å². The van der Waals surface area contributed by atoms with Crippen LogP contribution < -0.4 is 10.2 Å². The molecule has 0 bridgehead atoms. The summed E-state index contributed by atoms with van der Waals surface area (Å²) in [6.07, 6.45) is 3.63. The molecule has 0 radical (unpaired) electrons. The van der Waals surface area contributed by atoms with Crippen molar-refractivity contribution in [2.24, 2.45) is 0 Å². The number of ether oxygens (including phenoxy) is 2. The van der Waals surface area contributed by atoms with Gasteiger partial charge in [-0.2, -0.15) is 0 Å². The van der Waals surface area contributed by atoms with Gasteiger partial charge in [0.25, 0.3) is 0 Å². The van der Waals surface area contributed by atoms with Gasteiger partial charge in [0.15, 0.2) is 5.13 Å². The molecular formula is C14H25N3O2S. The fraction of sp³-hybridized carbons (Fsp3) is 0.786. The Balaban J connectivity index is 1.94. The number of rotatable bonds is 10. The van der Waals surface area contributed by atoms with E-state index in [0.29, 0.717) is 6.61 Å². The molecule has 6 heteroatoms. The molecule has 0 unspecified atom stereocenters. The van der Waals surface area contributed by atoms with Crippen LogP contribution in [0.5, 0.6) is 0 Å². The number of thiazole rings is 1. The topological polar surface area (TPSA) is 46.6 Å². The number of nitrogens with one attached hydrogen (secondary N) is 1. The largest absolute Gasteiger partial charge is 0.385 e. The monoisotopic (exact) mass is 299 g/mol. The van der Waals surface area contributed by atoms with Crippen LogP contribution in [0.25, 0.3) is 0 Å². The first-order chi connectivity index (χ1) is 9.74. The second-order valence-corrected chi connectivity index (χ2v) is 6.28. The van der Waals surface area contributed by atoms with Crippen molar-refractivity contribution in [3.05, 3.63) is 10.6 Å². The molecular weight excluding hydrogens is 274 g/mol. The van der Waals surface area contributed by atoms with Crippen molar-refractivity contribution in [2.75, 3.05) is 39.3 Å². The summed E-state index contributed by atoms with van der Waals surface area (Å²) in [5.74, 6) is 0. The zero-order valence-corrected chi connectivity index (χ0v) is 13.5. The van der Waals surface area contributed by atoms with E-state index in [-0.39, 0.29) is 0 Å². The van der Waals surface area contributed by atoms with Crippen LogP contribution in [-0.4, -0.2) is 45.4 Å². The van der Waals surface area contributed by atoms with E-state index < -0.39 is 0 Å². The van der Waals surface area contributed by atoms with Crippen molar-refractivity contribution in [3.63, 3.8) is 0 Å². The molecule has 2 rings (SSSR count). The van der Waals surface area contributed by atoms with Gasteiger partial charge in [-0.1, -0.05) is 0 Å². The van der Waals surface area contributed by atoms with Crippen LogP contribution >= 0.6 is 11.3 Å². The average molecular weight is 299 g/mol. The highest BCUT2D eigenvalue weighted by molar-refractivity contribution is 7.15. The Morgan fingerprint density at radius 3 is 2.80 bits per heavy atom. The molecule has 0 spiro atoms. The quantitative estimate of drug-likeness (QED) is 0.670. The molecule has 0 amide bonds. The Labute approximate surface area is 125 Å². The normalized spacial score (nSPS) is 14.8. The standard InChI is InChI=1S/C14H25N3O2S/c1-17(7-4-8-18-2)14-16-12(10-19-3)13(20-14)9-15-11-5-6-11/h11,15H,4-10H2,1-3H3. The van der Waals surface area contributed by atoms with Crippen molar-refractivity contribution >= 4 is 16.5 Å². The molecule has 1 N–H and O–H groups in total. The van der Waals surface area contributed by atoms with Crippen LogP contribution in [0.15, 0.2) is 0 Å². The number of hydrogen-bond acceptors (Lipinski definition) is 6. The van der Waals surface area contributed by atoms with E-state index in [4.69, 9.17) is 14.5 Å². The van der Waals surface area contributed by atoms with Crippen LogP contribution in [0.4, 0.5) is 5.13 Å². The molecule has 1 heterocycles. The molecule has 20 heavy (non-hydrogen) atoms. The first-order valence-electron chi connectivity index (χ1n) is 7.15. The number of hydrogen-bond donors (Lipinski definition) is 1. The first-order valence-corrected chi connectivity index (χ1v) is 7.97. The zero-order valence-electron chi connectivity index (χ0n) is 12.6. The molecule has 5 nitrogen and oxygen atoms in total. The van der Waals surface area contributed by atoms with Gasteiger partial charge < -0.3 is 19.7 Å². The van der Waals surface area contributed by atoms with Gasteiger partial charge >= 0.3 is 0 Å². The molecule has 1 aliphatic carbocycles. The summed E-state index contributed by atoms with van der Waals surface area (Å²) in [6, 6.07) is 0.718. The lowest BCUT2D eigenvalue weighted by molar-refractivity contribution is 0.181. The predicted molar refractivity (Wildman–Crippen MR) is 82.5 cm³/mol. The van der Waals surface area contributed by atoms with Crippen LogP contribution in [-0.2, 0) is 22.6 Å². The number of anilines is 1. The molecule has 1 aromatic heterocycles. The first kappa shape index (κ1) is 15.7. The van der Waals surface area contributed by atoms with E-state index in [1.807, 2.05) is 0 Å². The Kier molecular flexibility index (Phi) is 6.22. The third kappa shape index (κ3) is 4.70. The maximum absolute atomic E-state index is 5.26. The summed E-state index contributed by atoms with van der Waals surface area (Å²) in [5, 5.41) is 4.62. The minimum atomic E-state index is 0.587. The van der Waals surface area contributed by atoms with E-state index in [2.05, 4.69) is 17.3 Å². The number of aromatic nitrogens is 1. The average Bonchev–Trinajstić information content (AvgIpc) is 3.18. The second kappa shape index (κ2) is 7.93. The molecule has 0 aromatic carbocycles. The van der Waals surface area contributed by atoms with Gasteiger partial charge in [0.2, 0.25) is 0 Å². The van der Waals surface area contributed by atoms with Gasteiger partial charge in [-0.3, -0.25) is 0 Å². The summed E-state index contributed by atoms with van der Waals surface area (Å²) >= 11 is 1.77. The van der Waals surface area contributed by atoms with Gasteiger partial charge in [-0.05, 0) is 19.3 Å². The minimum absolute atomic E-state index is 0.587. The van der Waals surface area contributed by atoms with Crippen LogP contribution in [0.1, 0.15) is 29.8 Å². The molecule has 1 aliphatic rings. The molecule has 0 atom stereocenters. The molecule has 1 fully saturated rings. The minimum Gasteiger partial charge on any atom is -0.385 e. The van der Waals surface area contributed by atoms with E-state index in [1.54, 1.807) is 25.6 Å². The third-order valence-electron chi connectivity index (χ3n) is 3.35. The van der Waals surface area contributed by atoms with Crippen LogP contribution in [0, 0.1) is 0 Å². The van der Waals surface area contributed by atoms with Gasteiger partial charge in [0.05, 0.1) is 12.3 Å². The Hall–Kier alpha value is -0.690. The fourth-order valence-electron chi connectivity index (χ4n) is 1.99. The van der Waals surface area contributed by atoms with E-state index >= 15 is 0 Å². The Bertz CT molecular complexity index is 407. The molecule has 1 saturated carbocycles. The smallest absolute Gasteiger partial charge is 0.185 e. The lowest BCUT2D eigenvalue weighted by Crippen LogP contribution is -2.19. The number of methoxy groups -OCH3 is 2. The van der Waals surface area contributed by atoms with Gasteiger partial charge in [-0.15, -0.1) is 11.3 Å². The summed E-state index contributed by atoms with van der Waals surface area (Å²) in [5.41, 5.74) is 1.07. The van der Waals surface area contributed by atoms with Gasteiger partial charge in [0, 0.05) is 51.9 Å². The Morgan fingerprint density at radius 1 is 1.35 bits per heavy atom. The highest BCUT2D eigenvalue weighted by atomic mass is 32.1. The number of nitrogens with zero attached hydrogens (tertiary/aromatic N) is 2. The summed E-state index contributed by atoms with van der Waals surface area (Å²) in [6.45, 7) is 3.25. The van der Waals surface area contributed by atoms with Crippen molar-refractivity contribution in [1.29, 1.82) is 0 Å². The summed E-state index contributed by atoms with van der Waals surface area (Å²) < 4.78 is 10.4. The van der Waals surface area contributed by atoms with Crippen molar-refractivity contribution in [2.45, 2.75) is 38.5 Å². The Morgan fingerprint density at radius 2 is 2.15 bits per heavy atom. The van der Waals surface area contributed by atoms with Crippen LogP contribution in [0.2, 0.25) is 0 Å². The van der Waals surface area contributed by atoms with Gasteiger partial charge in [0.1, 0.15) is 0 Å². The molecule has 0 saturated heterocycles. The van der Waals surface area contributed by atoms with E-state index in [1.165, 1.54) is 17.7 Å². The highest BCUT2D eigenvalue weighted by Gasteiger charge is 2.22. The molecule has 114 valence electrons. The summed E-state index contributed by atoms with van der Waals surface area (Å²) in [4.78, 5) is 8.21. The van der Waals surface area contributed by atoms with Crippen LogP contribution in [0.3, 0.4) is 0 Å².